The van der Waals surface area contributed by atoms with Gasteiger partial charge in [-0.25, -0.2) is 0 Å². The van der Waals surface area contributed by atoms with Gasteiger partial charge in [-0.3, -0.25) is 4.68 Å². The predicted octanol–water partition coefficient (Wildman–Crippen LogP) is 2.97. The van der Waals surface area contributed by atoms with Crippen molar-refractivity contribution < 1.29 is 0 Å². The van der Waals surface area contributed by atoms with Crippen LogP contribution >= 0.6 is 15.9 Å². The topological polar surface area (TPSA) is 53.6 Å². The van der Waals surface area contributed by atoms with E-state index in [1.54, 1.807) is 4.68 Å². The van der Waals surface area contributed by atoms with E-state index < -0.39 is 0 Å². The molecule has 1 N–H and O–H groups in total. The van der Waals surface area contributed by atoms with Crippen molar-refractivity contribution in [3.05, 3.63) is 45.6 Å². The molecule has 2 rings (SSSR count). The Hall–Kier alpha value is -1.80. The molecule has 18 heavy (non-hydrogen) atoms. The second-order valence-corrected chi connectivity index (χ2v) is 4.84. The minimum absolute atomic E-state index is 0.601. The Morgan fingerprint density at radius 1 is 1.44 bits per heavy atom. The van der Waals surface area contributed by atoms with Gasteiger partial charge in [0.2, 0.25) is 0 Å². The van der Waals surface area contributed by atoms with Gasteiger partial charge in [0.1, 0.15) is 17.5 Å². The predicted molar refractivity (Wildman–Crippen MR) is 74.1 cm³/mol. The molecule has 92 valence electrons. The maximum absolute atomic E-state index is 9.11. The van der Waals surface area contributed by atoms with E-state index in [2.05, 4.69) is 32.4 Å². The number of aromatic nitrogens is 2. The maximum Gasteiger partial charge on any atom is 0.142 e. The van der Waals surface area contributed by atoms with Gasteiger partial charge in [-0.05, 0) is 18.6 Å². The number of aryl methyl sites for hydroxylation is 2. The molecular formula is C13H13BrN4. The fourth-order valence-electron chi connectivity index (χ4n) is 1.82. The molecular weight excluding hydrogens is 292 g/mol. The molecule has 5 heteroatoms. The monoisotopic (exact) mass is 304 g/mol. The van der Waals surface area contributed by atoms with Crippen molar-refractivity contribution in [1.82, 2.24) is 9.78 Å². The van der Waals surface area contributed by atoms with E-state index in [1.807, 2.05) is 38.2 Å². The van der Waals surface area contributed by atoms with Crippen LogP contribution in [0.3, 0.4) is 0 Å². The van der Waals surface area contributed by atoms with Gasteiger partial charge < -0.3 is 5.32 Å². The zero-order valence-corrected chi connectivity index (χ0v) is 11.8. The van der Waals surface area contributed by atoms with E-state index in [1.165, 1.54) is 0 Å². The first kappa shape index (κ1) is 12.7. The number of halogens is 1. The molecule has 0 bridgehead atoms. The lowest BCUT2D eigenvalue weighted by molar-refractivity contribution is 0.758. The standard InChI is InChI=1S/C13H13BrN4/c1-9-11(7-15)13(18(2)17-9)16-8-10-5-3-4-6-12(10)14/h3-6,16H,8H2,1-2H3. The molecule has 1 heterocycles. The number of anilines is 1. The lowest BCUT2D eigenvalue weighted by atomic mass is 10.2. The van der Waals surface area contributed by atoms with Crippen LogP contribution in [0.15, 0.2) is 28.7 Å². The fourth-order valence-corrected chi connectivity index (χ4v) is 2.24. The molecule has 0 aliphatic rings. The molecule has 1 aromatic heterocycles. The largest absolute Gasteiger partial charge is 0.365 e. The van der Waals surface area contributed by atoms with E-state index in [9.17, 15) is 0 Å². The average molecular weight is 305 g/mol. The summed E-state index contributed by atoms with van der Waals surface area (Å²) >= 11 is 3.50. The first-order valence-corrected chi connectivity index (χ1v) is 6.33. The second-order valence-electron chi connectivity index (χ2n) is 3.99. The Balaban J connectivity index is 2.22. The Morgan fingerprint density at radius 3 is 2.83 bits per heavy atom. The van der Waals surface area contributed by atoms with Crippen LogP contribution < -0.4 is 5.32 Å². The quantitative estimate of drug-likeness (QED) is 0.948. The summed E-state index contributed by atoms with van der Waals surface area (Å²) in [7, 11) is 1.83. The van der Waals surface area contributed by atoms with Crippen molar-refractivity contribution in [2.75, 3.05) is 5.32 Å². The van der Waals surface area contributed by atoms with Crippen molar-refractivity contribution >= 4 is 21.7 Å². The normalized spacial score (nSPS) is 10.1. The molecule has 0 amide bonds. The molecule has 0 saturated heterocycles. The van der Waals surface area contributed by atoms with Crippen LogP contribution in [0.2, 0.25) is 0 Å². The molecule has 0 aliphatic heterocycles. The van der Waals surface area contributed by atoms with Gasteiger partial charge >= 0.3 is 0 Å². The molecule has 0 radical (unpaired) electrons. The number of rotatable bonds is 3. The smallest absolute Gasteiger partial charge is 0.142 e. The highest BCUT2D eigenvalue weighted by Crippen LogP contribution is 2.21. The molecule has 0 aliphatic carbocycles. The zero-order valence-electron chi connectivity index (χ0n) is 10.2. The van der Waals surface area contributed by atoms with Crippen molar-refractivity contribution in [3.63, 3.8) is 0 Å². The van der Waals surface area contributed by atoms with Gasteiger partial charge in [0.15, 0.2) is 0 Å². The van der Waals surface area contributed by atoms with Crippen molar-refractivity contribution in [2.24, 2.45) is 7.05 Å². The van der Waals surface area contributed by atoms with Crippen LogP contribution in [-0.4, -0.2) is 9.78 Å². The zero-order chi connectivity index (χ0) is 13.1. The third-order valence-electron chi connectivity index (χ3n) is 2.74. The summed E-state index contributed by atoms with van der Waals surface area (Å²) in [6.45, 7) is 2.48. The minimum atomic E-state index is 0.601. The number of nitriles is 1. The van der Waals surface area contributed by atoms with Gasteiger partial charge in [0.05, 0.1) is 5.69 Å². The highest BCUT2D eigenvalue weighted by Gasteiger charge is 2.12. The number of nitrogens with zero attached hydrogens (tertiary/aromatic N) is 3. The number of benzene rings is 1. The summed E-state index contributed by atoms with van der Waals surface area (Å²) in [6, 6.07) is 10.2. The average Bonchev–Trinajstić information content (AvgIpc) is 2.62. The molecule has 0 unspecified atom stereocenters. The van der Waals surface area contributed by atoms with Gasteiger partial charge in [-0.15, -0.1) is 0 Å². The molecule has 0 fully saturated rings. The van der Waals surface area contributed by atoms with Gasteiger partial charge in [-0.1, -0.05) is 34.1 Å². The summed E-state index contributed by atoms with van der Waals surface area (Å²) in [5, 5.41) is 16.6. The molecule has 0 atom stereocenters. The third kappa shape index (κ3) is 2.39. The van der Waals surface area contributed by atoms with E-state index in [4.69, 9.17) is 5.26 Å². The van der Waals surface area contributed by atoms with Gasteiger partial charge in [-0.2, -0.15) is 10.4 Å². The summed E-state index contributed by atoms with van der Waals surface area (Å²) in [4.78, 5) is 0. The first-order chi connectivity index (χ1) is 8.63. The first-order valence-electron chi connectivity index (χ1n) is 5.54. The number of hydrogen-bond acceptors (Lipinski definition) is 3. The number of hydrogen-bond donors (Lipinski definition) is 1. The molecule has 4 nitrogen and oxygen atoms in total. The molecule has 0 spiro atoms. The van der Waals surface area contributed by atoms with E-state index in [0.717, 1.165) is 21.5 Å². The Kier molecular flexibility index (Phi) is 3.68. The highest BCUT2D eigenvalue weighted by molar-refractivity contribution is 9.10. The molecule has 1 aromatic carbocycles. The van der Waals surface area contributed by atoms with Crippen LogP contribution in [0.25, 0.3) is 0 Å². The van der Waals surface area contributed by atoms with Crippen molar-refractivity contribution in [3.8, 4) is 6.07 Å². The summed E-state index contributed by atoms with van der Waals surface area (Å²) in [6.07, 6.45) is 0. The SMILES string of the molecule is Cc1nn(C)c(NCc2ccccc2Br)c1C#N. The second kappa shape index (κ2) is 5.23. The van der Waals surface area contributed by atoms with Crippen LogP contribution in [-0.2, 0) is 13.6 Å². The molecule has 2 aromatic rings. The Bertz CT molecular complexity index is 610. The third-order valence-corrected chi connectivity index (χ3v) is 3.51. The van der Waals surface area contributed by atoms with Crippen molar-refractivity contribution in [2.45, 2.75) is 13.5 Å². The van der Waals surface area contributed by atoms with Crippen LogP contribution in [0.4, 0.5) is 5.82 Å². The Labute approximate surface area is 114 Å². The van der Waals surface area contributed by atoms with E-state index in [-0.39, 0.29) is 0 Å². The maximum atomic E-state index is 9.11. The van der Waals surface area contributed by atoms with Gasteiger partial charge in [0.25, 0.3) is 0 Å². The van der Waals surface area contributed by atoms with Crippen LogP contribution in [0.1, 0.15) is 16.8 Å². The Morgan fingerprint density at radius 2 is 2.17 bits per heavy atom. The van der Waals surface area contributed by atoms with E-state index >= 15 is 0 Å². The fraction of sp³-hybridized carbons (Fsp3) is 0.231. The number of nitrogens with one attached hydrogen (secondary N) is 1. The summed E-state index contributed by atoms with van der Waals surface area (Å²) in [5.41, 5.74) is 2.49. The lowest BCUT2D eigenvalue weighted by Gasteiger charge is -2.08. The molecule has 0 saturated carbocycles. The van der Waals surface area contributed by atoms with Crippen LogP contribution in [0.5, 0.6) is 0 Å². The minimum Gasteiger partial charge on any atom is -0.365 e. The lowest BCUT2D eigenvalue weighted by Crippen LogP contribution is -2.06. The van der Waals surface area contributed by atoms with Gasteiger partial charge in [0, 0.05) is 18.1 Å². The summed E-state index contributed by atoms with van der Waals surface area (Å²) < 4.78 is 2.75. The summed E-state index contributed by atoms with van der Waals surface area (Å²) in [5.74, 6) is 0.755. The van der Waals surface area contributed by atoms with E-state index in [0.29, 0.717) is 12.1 Å². The highest BCUT2D eigenvalue weighted by atomic mass is 79.9. The van der Waals surface area contributed by atoms with Crippen LogP contribution in [0, 0.1) is 18.3 Å². The van der Waals surface area contributed by atoms with Crippen molar-refractivity contribution in [1.29, 1.82) is 5.26 Å².